The number of carboxylic acid groups (broad SMARTS) is 1. The number of pyridine rings is 1. The lowest BCUT2D eigenvalue weighted by Crippen LogP contribution is -2.32. The standard InChI is InChI=1S/C12H10BrFN2O2.ClH/c13-9-2-1-6(3-10(15)12(17)18)8-4-7(14)5-16-11(8)9;/h1-2,4-5,10H,3,15H2,(H,17,18);1H/t10-;/m0./s1. The molecular formula is C12H11BrClFN2O2. The van der Waals surface area contributed by atoms with Crippen LogP contribution in [0.4, 0.5) is 4.39 Å². The van der Waals surface area contributed by atoms with E-state index in [1.54, 1.807) is 12.1 Å². The van der Waals surface area contributed by atoms with E-state index in [0.29, 0.717) is 16.5 Å². The van der Waals surface area contributed by atoms with Crippen LogP contribution in [0.25, 0.3) is 10.9 Å². The number of hydrogen-bond acceptors (Lipinski definition) is 3. The van der Waals surface area contributed by atoms with Gasteiger partial charge in [0, 0.05) is 9.86 Å². The zero-order valence-corrected chi connectivity index (χ0v) is 12.0. The van der Waals surface area contributed by atoms with Crippen molar-refractivity contribution in [3.05, 3.63) is 40.2 Å². The predicted molar refractivity (Wildman–Crippen MR) is 76.0 cm³/mol. The Hall–Kier alpha value is -1.24. The molecule has 0 saturated carbocycles. The number of carboxylic acids is 1. The molecule has 2 rings (SSSR count). The van der Waals surface area contributed by atoms with Crippen molar-refractivity contribution in [1.29, 1.82) is 0 Å². The van der Waals surface area contributed by atoms with Gasteiger partial charge in [-0.05, 0) is 40.0 Å². The molecular weight excluding hydrogens is 338 g/mol. The predicted octanol–water partition coefficient (Wildman–Crippen LogP) is 2.51. The highest BCUT2D eigenvalue weighted by atomic mass is 79.9. The Morgan fingerprint density at radius 2 is 2.21 bits per heavy atom. The summed E-state index contributed by atoms with van der Waals surface area (Å²) in [5, 5.41) is 9.37. The Balaban J connectivity index is 0.00000180. The van der Waals surface area contributed by atoms with Crippen molar-refractivity contribution in [2.45, 2.75) is 12.5 Å². The molecule has 1 aromatic carbocycles. The maximum Gasteiger partial charge on any atom is 0.320 e. The number of rotatable bonds is 3. The van der Waals surface area contributed by atoms with Crippen LogP contribution in [0.1, 0.15) is 5.56 Å². The lowest BCUT2D eigenvalue weighted by molar-refractivity contribution is -0.138. The Bertz CT molecular complexity index is 624. The second-order valence-electron chi connectivity index (χ2n) is 3.91. The molecule has 7 heteroatoms. The SMILES string of the molecule is Cl.N[C@@H](Cc1ccc(Br)c2ncc(F)cc12)C(=O)O. The molecule has 0 aliphatic heterocycles. The highest BCUT2D eigenvalue weighted by molar-refractivity contribution is 9.10. The zero-order chi connectivity index (χ0) is 13.3. The first-order chi connectivity index (χ1) is 8.49. The smallest absolute Gasteiger partial charge is 0.320 e. The highest BCUT2D eigenvalue weighted by Gasteiger charge is 2.15. The van der Waals surface area contributed by atoms with Gasteiger partial charge in [-0.25, -0.2) is 4.39 Å². The summed E-state index contributed by atoms with van der Waals surface area (Å²) < 4.78 is 13.9. The lowest BCUT2D eigenvalue weighted by Gasteiger charge is -2.10. The molecule has 1 heterocycles. The van der Waals surface area contributed by atoms with E-state index >= 15 is 0 Å². The van der Waals surface area contributed by atoms with Crippen LogP contribution in [-0.2, 0) is 11.2 Å². The Morgan fingerprint density at radius 1 is 1.53 bits per heavy atom. The van der Waals surface area contributed by atoms with Gasteiger partial charge in [0.1, 0.15) is 11.9 Å². The third-order valence-electron chi connectivity index (χ3n) is 2.61. The molecule has 0 amide bonds. The molecule has 0 bridgehead atoms. The van der Waals surface area contributed by atoms with Gasteiger partial charge in [0.15, 0.2) is 0 Å². The summed E-state index contributed by atoms with van der Waals surface area (Å²) in [4.78, 5) is 14.7. The molecule has 0 spiro atoms. The first-order valence-electron chi connectivity index (χ1n) is 5.20. The fourth-order valence-corrected chi connectivity index (χ4v) is 2.17. The van der Waals surface area contributed by atoms with E-state index in [4.69, 9.17) is 10.8 Å². The quantitative estimate of drug-likeness (QED) is 0.893. The minimum absolute atomic E-state index is 0. The number of halogens is 3. The summed E-state index contributed by atoms with van der Waals surface area (Å²) in [6.07, 6.45) is 1.25. The average molecular weight is 350 g/mol. The van der Waals surface area contributed by atoms with E-state index in [2.05, 4.69) is 20.9 Å². The van der Waals surface area contributed by atoms with Crippen LogP contribution < -0.4 is 5.73 Å². The summed E-state index contributed by atoms with van der Waals surface area (Å²) in [5.41, 5.74) is 6.74. The fourth-order valence-electron chi connectivity index (χ4n) is 1.72. The van der Waals surface area contributed by atoms with E-state index in [1.165, 1.54) is 6.07 Å². The van der Waals surface area contributed by atoms with E-state index in [9.17, 15) is 9.18 Å². The molecule has 0 radical (unpaired) electrons. The van der Waals surface area contributed by atoms with E-state index in [1.807, 2.05) is 0 Å². The van der Waals surface area contributed by atoms with Crippen LogP contribution in [-0.4, -0.2) is 22.1 Å². The number of nitrogens with two attached hydrogens (primary N) is 1. The maximum absolute atomic E-state index is 13.2. The number of benzene rings is 1. The third kappa shape index (κ3) is 3.40. The average Bonchev–Trinajstić information content (AvgIpc) is 2.32. The maximum atomic E-state index is 13.2. The van der Waals surface area contributed by atoms with Crippen molar-refractivity contribution < 1.29 is 14.3 Å². The first-order valence-corrected chi connectivity index (χ1v) is 5.99. The van der Waals surface area contributed by atoms with Crippen LogP contribution >= 0.6 is 28.3 Å². The Kier molecular flexibility index (Phi) is 5.22. The summed E-state index contributed by atoms with van der Waals surface area (Å²) in [6, 6.07) is 3.78. The molecule has 0 fully saturated rings. The van der Waals surface area contributed by atoms with Gasteiger partial charge in [-0.15, -0.1) is 12.4 Å². The van der Waals surface area contributed by atoms with Crippen molar-refractivity contribution >= 4 is 45.2 Å². The second-order valence-corrected chi connectivity index (χ2v) is 4.76. The number of aromatic nitrogens is 1. The van der Waals surface area contributed by atoms with Gasteiger partial charge in [0.2, 0.25) is 0 Å². The Morgan fingerprint density at radius 3 is 2.84 bits per heavy atom. The molecule has 4 nitrogen and oxygen atoms in total. The Labute approximate surface area is 123 Å². The van der Waals surface area contributed by atoms with Crippen molar-refractivity contribution in [3.8, 4) is 0 Å². The van der Waals surface area contributed by atoms with Crippen molar-refractivity contribution in [3.63, 3.8) is 0 Å². The molecule has 3 N–H and O–H groups in total. The third-order valence-corrected chi connectivity index (χ3v) is 3.25. The molecule has 2 aromatic rings. The van der Waals surface area contributed by atoms with Gasteiger partial charge in [-0.3, -0.25) is 9.78 Å². The number of aliphatic carboxylic acids is 1. The molecule has 1 aromatic heterocycles. The molecule has 1 atom stereocenters. The topological polar surface area (TPSA) is 76.2 Å². The van der Waals surface area contributed by atoms with Gasteiger partial charge in [-0.2, -0.15) is 0 Å². The van der Waals surface area contributed by atoms with Crippen LogP contribution in [0.2, 0.25) is 0 Å². The number of nitrogens with zero attached hydrogens (tertiary/aromatic N) is 1. The minimum atomic E-state index is -1.09. The van der Waals surface area contributed by atoms with Gasteiger partial charge in [-0.1, -0.05) is 6.07 Å². The normalized spacial score (nSPS) is 11.9. The van der Waals surface area contributed by atoms with Crippen LogP contribution in [0.5, 0.6) is 0 Å². The van der Waals surface area contributed by atoms with Gasteiger partial charge in [0.25, 0.3) is 0 Å². The molecule has 0 saturated heterocycles. The van der Waals surface area contributed by atoms with Gasteiger partial charge < -0.3 is 10.8 Å². The van der Waals surface area contributed by atoms with E-state index in [0.717, 1.165) is 10.7 Å². The number of carbonyl (C=O) groups is 1. The summed E-state index contributed by atoms with van der Waals surface area (Å²) >= 11 is 3.32. The summed E-state index contributed by atoms with van der Waals surface area (Å²) in [5.74, 6) is -1.55. The molecule has 0 unspecified atom stereocenters. The largest absolute Gasteiger partial charge is 0.480 e. The molecule has 19 heavy (non-hydrogen) atoms. The van der Waals surface area contributed by atoms with Gasteiger partial charge in [0.05, 0.1) is 11.7 Å². The van der Waals surface area contributed by atoms with E-state index < -0.39 is 17.8 Å². The summed E-state index contributed by atoms with van der Waals surface area (Å²) in [7, 11) is 0. The lowest BCUT2D eigenvalue weighted by atomic mass is 10.0. The van der Waals surface area contributed by atoms with Gasteiger partial charge >= 0.3 is 5.97 Å². The molecule has 0 aliphatic carbocycles. The van der Waals surface area contributed by atoms with Crippen molar-refractivity contribution in [2.75, 3.05) is 0 Å². The number of fused-ring (bicyclic) bond motifs is 1. The fraction of sp³-hybridized carbons (Fsp3) is 0.167. The van der Waals surface area contributed by atoms with Crippen molar-refractivity contribution in [1.82, 2.24) is 4.98 Å². The zero-order valence-electron chi connectivity index (χ0n) is 9.64. The van der Waals surface area contributed by atoms with Crippen LogP contribution in [0.15, 0.2) is 28.9 Å². The number of hydrogen-bond donors (Lipinski definition) is 2. The molecule has 102 valence electrons. The van der Waals surface area contributed by atoms with Crippen molar-refractivity contribution in [2.24, 2.45) is 5.73 Å². The van der Waals surface area contributed by atoms with Crippen LogP contribution in [0.3, 0.4) is 0 Å². The molecule has 0 aliphatic rings. The van der Waals surface area contributed by atoms with E-state index in [-0.39, 0.29) is 18.8 Å². The second kappa shape index (κ2) is 6.27. The minimum Gasteiger partial charge on any atom is -0.480 e. The monoisotopic (exact) mass is 348 g/mol. The highest BCUT2D eigenvalue weighted by Crippen LogP contribution is 2.26. The van der Waals surface area contributed by atoms with Crippen LogP contribution in [0, 0.1) is 5.82 Å². The first kappa shape index (κ1) is 15.8. The summed E-state index contributed by atoms with van der Waals surface area (Å²) in [6.45, 7) is 0.